The lowest BCUT2D eigenvalue weighted by Crippen LogP contribution is -2.09. The molecule has 0 aromatic heterocycles. The summed E-state index contributed by atoms with van der Waals surface area (Å²) < 4.78 is 5.70. The van der Waals surface area contributed by atoms with Crippen LogP contribution in [0.3, 0.4) is 0 Å². The first-order valence-electron chi connectivity index (χ1n) is 5.30. The average Bonchev–Trinajstić information content (AvgIpc) is 2.25. The van der Waals surface area contributed by atoms with Crippen molar-refractivity contribution in [1.82, 2.24) is 0 Å². The van der Waals surface area contributed by atoms with Crippen LogP contribution in [0.15, 0.2) is 24.3 Å². The van der Waals surface area contributed by atoms with Gasteiger partial charge in [0.15, 0.2) is 0 Å². The van der Waals surface area contributed by atoms with E-state index in [1.165, 1.54) is 0 Å². The van der Waals surface area contributed by atoms with Crippen LogP contribution in [0.5, 0.6) is 5.75 Å². The van der Waals surface area contributed by atoms with Gasteiger partial charge in [-0.3, -0.25) is 0 Å². The summed E-state index contributed by atoms with van der Waals surface area (Å²) in [6, 6.07) is 8.00. The Hall–Kier alpha value is -0.670. The molecule has 1 rings (SSSR count). The predicted molar refractivity (Wildman–Crippen MR) is 67.5 cm³/mol. The average molecular weight is 225 g/mol. The van der Waals surface area contributed by atoms with E-state index < -0.39 is 0 Å². The maximum Gasteiger partial charge on any atom is 0.124 e. The van der Waals surface area contributed by atoms with Crippen molar-refractivity contribution in [3.8, 4) is 5.75 Å². The normalized spacial score (nSPS) is 12.5. The molecule has 0 radical (unpaired) electrons. The minimum atomic E-state index is 0.0278. The first-order chi connectivity index (χ1) is 7.25. The van der Waals surface area contributed by atoms with E-state index in [0.29, 0.717) is 0 Å². The summed E-state index contributed by atoms with van der Waals surface area (Å²) >= 11 is 1.89. The molecule has 15 heavy (non-hydrogen) atoms. The van der Waals surface area contributed by atoms with Crippen LogP contribution in [0, 0.1) is 0 Å². The molecule has 84 valence electrons. The molecule has 0 saturated heterocycles. The highest BCUT2D eigenvalue weighted by atomic mass is 32.2. The standard InChI is InChI=1S/C12H19NOS/c1-3-15-9-8-14-12-7-5-4-6-11(12)10(2)13/h4-7,10H,3,8-9,13H2,1-2H3/t10-/m1/s1. The Bertz CT molecular complexity index is 289. The Balaban J connectivity index is 2.52. The van der Waals surface area contributed by atoms with Crippen LogP contribution in [-0.2, 0) is 0 Å². The molecule has 0 saturated carbocycles. The number of hydrogen-bond acceptors (Lipinski definition) is 3. The van der Waals surface area contributed by atoms with Crippen molar-refractivity contribution in [3.63, 3.8) is 0 Å². The number of rotatable bonds is 6. The van der Waals surface area contributed by atoms with Crippen molar-refractivity contribution in [2.24, 2.45) is 5.73 Å². The summed E-state index contributed by atoms with van der Waals surface area (Å²) in [5, 5.41) is 0. The highest BCUT2D eigenvalue weighted by Gasteiger charge is 2.06. The molecule has 0 aliphatic rings. The molecule has 0 heterocycles. The Morgan fingerprint density at radius 1 is 1.40 bits per heavy atom. The lowest BCUT2D eigenvalue weighted by atomic mass is 10.1. The van der Waals surface area contributed by atoms with E-state index in [2.05, 4.69) is 6.92 Å². The van der Waals surface area contributed by atoms with Crippen molar-refractivity contribution in [2.45, 2.75) is 19.9 Å². The molecule has 0 aliphatic heterocycles. The van der Waals surface area contributed by atoms with Gasteiger partial charge in [-0.25, -0.2) is 0 Å². The fourth-order valence-electron chi connectivity index (χ4n) is 1.34. The van der Waals surface area contributed by atoms with Gasteiger partial charge in [-0.15, -0.1) is 0 Å². The van der Waals surface area contributed by atoms with Crippen molar-refractivity contribution >= 4 is 11.8 Å². The fourth-order valence-corrected chi connectivity index (χ4v) is 1.83. The van der Waals surface area contributed by atoms with E-state index in [4.69, 9.17) is 10.5 Å². The smallest absolute Gasteiger partial charge is 0.124 e. The number of thioether (sulfide) groups is 1. The summed E-state index contributed by atoms with van der Waals surface area (Å²) in [4.78, 5) is 0. The molecule has 0 bridgehead atoms. The van der Waals surface area contributed by atoms with Crippen molar-refractivity contribution < 1.29 is 4.74 Å². The van der Waals surface area contributed by atoms with Crippen molar-refractivity contribution in [1.29, 1.82) is 0 Å². The molecular weight excluding hydrogens is 206 g/mol. The maximum absolute atomic E-state index is 5.86. The van der Waals surface area contributed by atoms with Crippen LogP contribution in [0.1, 0.15) is 25.5 Å². The number of para-hydroxylation sites is 1. The predicted octanol–water partition coefficient (Wildman–Crippen LogP) is 2.84. The molecule has 0 amide bonds. The van der Waals surface area contributed by atoms with E-state index in [-0.39, 0.29) is 6.04 Å². The Morgan fingerprint density at radius 2 is 2.13 bits per heavy atom. The third-order valence-corrected chi connectivity index (χ3v) is 2.96. The molecule has 3 heteroatoms. The summed E-state index contributed by atoms with van der Waals surface area (Å²) in [7, 11) is 0. The second kappa shape index (κ2) is 6.75. The zero-order valence-electron chi connectivity index (χ0n) is 9.40. The molecule has 0 spiro atoms. The van der Waals surface area contributed by atoms with Gasteiger partial charge >= 0.3 is 0 Å². The van der Waals surface area contributed by atoms with Crippen LogP contribution in [-0.4, -0.2) is 18.1 Å². The van der Waals surface area contributed by atoms with Gasteiger partial charge < -0.3 is 10.5 Å². The highest BCUT2D eigenvalue weighted by molar-refractivity contribution is 7.99. The van der Waals surface area contributed by atoms with E-state index in [9.17, 15) is 0 Å². The van der Waals surface area contributed by atoms with Crippen LogP contribution < -0.4 is 10.5 Å². The van der Waals surface area contributed by atoms with Gasteiger partial charge in [-0.05, 0) is 18.7 Å². The second-order valence-electron chi connectivity index (χ2n) is 3.37. The number of nitrogens with two attached hydrogens (primary N) is 1. The van der Waals surface area contributed by atoms with Crippen molar-refractivity contribution in [3.05, 3.63) is 29.8 Å². The molecule has 0 aliphatic carbocycles. The summed E-state index contributed by atoms with van der Waals surface area (Å²) in [6.45, 7) is 4.88. The molecule has 1 aromatic carbocycles. The maximum atomic E-state index is 5.86. The molecule has 2 N–H and O–H groups in total. The highest BCUT2D eigenvalue weighted by Crippen LogP contribution is 2.23. The van der Waals surface area contributed by atoms with Crippen LogP contribution in [0.25, 0.3) is 0 Å². The minimum absolute atomic E-state index is 0.0278. The lowest BCUT2D eigenvalue weighted by molar-refractivity contribution is 0.338. The van der Waals surface area contributed by atoms with Gasteiger partial charge in [-0.1, -0.05) is 25.1 Å². The van der Waals surface area contributed by atoms with Crippen LogP contribution in [0.2, 0.25) is 0 Å². The molecule has 0 fully saturated rings. The zero-order chi connectivity index (χ0) is 11.1. The van der Waals surface area contributed by atoms with Gasteiger partial charge in [0, 0.05) is 17.4 Å². The largest absolute Gasteiger partial charge is 0.492 e. The SMILES string of the molecule is CCSCCOc1ccccc1[C@@H](C)N. The Kier molecular flexibility index (Phi) is 5.58. The Labute approximate surface area is 96.2 Å². The van der Waals surface area contributed by atoms with Gasteiger partial charge in [0.05, 0.1) is 6.61 Å². The third kappa shape index (κ3) is 4.14. The lowest BCUT2D eigenvalue weighted by Gasteiger charge is -2.13. The quantitative estimate of drug-likeness (QED) is 0.756. The molecule has 2 nitrogen and oxygen atoms in total. The monoisotopic (exact) mass is 225 g/mol. The topological polar surface area (TPSA) is 35.2 Å². The zero-order valence-corrected chi connectivity index (χ0v) is 10.2. The molecular formula is C12H19NOS. The van der Waals surface area contributed by atoms with Gasteiger partial charge in [0.25, 0.3) is 0 Å². The fraction of sp³-hybridized carbons (Fsp3) is 0.500. The molecule has 1 aromatic rings. The van der Waals surface area contributed by atoms with E-state index in [1.807, 2.05) is 43.0 Å². The van der Waals surface area contributed by atoms with E-state index in [1.54, 1.807) is 0 Å². The van der Waals surface area contributed by atoms with Gasteiger partial charge in [0.2, 0.25) is 0 Å². The first-order valence-corrected chi connectivity index (χ1v) is 6.46. The second-order valence-corrected chi connectivity index (χ2v) is 4.77. The van der Waals surface area contributed by atoms with E-state index >= 15 is 0 Å². The minimum Gasteiger partial charge on any atom is -0.492 e. The first kappa shape index (κ1) is 12.4. The third-order valence-electron chi connectivity index (χ3n) is 2.10. The van der Waals surface area contributed by atoms with Gasteiger partial charge in [-0.2, -0.15) is 11.8 Å². The van der Waals surface area contributed by atoms with Crippen LogP contribution in [0.4, 0.5) is 0 Å². The number of hydrogen-bond donors (Lipinski definition) is 1. The molecule has 0 unspecified atom stereocenters. The van der Waals surface area contributed by atoms with Crippen LogP contribution >= 0.6 is 11.8 Å². The number of ether oxygens (including phenoxy) is 1. The van der Waals surface area contributed by atoms with E-state index in [0.717, 1.165) is 29.4 Å². The summed E-state index contributed by atoms with van der Waals surface area (Å²) in [6.07, 6.45) is 0. The van der Waals surface area contributed by atoms with Crippen molar-refractivity contribution in [2.75, 3.05) is 18.1 Å². The summed E-state index contributed by atoms with van der Waals surface area (Å²) in [5.74, 6) is 3.09. The molecule has 1 atom stereocenters. The number of benzene rings is 1. The Morgan fingerprint density at radius 3 is 2.80 bits per heavy atom. The van der Waals surface area contributed by atoms with Gasteiger partial charge in [0.1, 0.15) is 5.75 Å². The summed E-state index contributed by atoms with van der Waals surface area (Å²) in [5.41, 5.74) is 6.94.